The van der Waals surface area contributed by atoms with Gasteiger partial charge in [0.1, 0.15) is 6.04 Å². The number of aryl methyl sites for hydroxylation is 2. The highest BCUT2D eigenvalue weighted by atomic mass is 16.5. The van der Waals surface area contributed by atoms with E-state index in [1.807, 2.05) is 12.1 Å². The topological polar surface area (TPSA) is 79.0 Å². The molecule has 0 aromatic heterocycles. The van der Waals surface area contributed by atoms with Crippen molar-refractivity contribution in [1.29, 1.82) is 0 Å². The number of amides is 3. The van der Waals surface area contributed by atoms with Crippen LogP contribution in [-0.2, 0) is 39.5 Å². The Balaban J connectivity index is 0.974. The summed E-state index contributed by atoms with van der Waals surface area (Å²) in [5, 5.41) is 2.38. The van der Waals surface area contributed by atoms with Gasteiger partial charge < -0.3 is 14.5 Å². The molecule has 0 saturated carbocycles. The van der Waals surface area contributed by atoms with Crippen molar-refractivity contribution in [2.24, 2.45) is 0 Å². The summed E-state index contributed by atoms with van der Waals surface area (Å²) in [7, 11) is 0. The molecule has 2 aromatic carbocycles. The number of ether oxygens (including phenoxy) is 1. The average Bonchev–Trinajstić information content (AvgIpc) is 3.43. The summed E-state index contributed by atoms with van der Waals surface area (Å²) in [4.78, 5) is 41.2. The number of nitrogens with zero attached hydrogens (tertiary/aromatic N) is 2. The van der Waals surface area contributed by atoms with E-state index < -0.39 is 6.04 Å². The number of piperidine rings is 2. The van der Waals surface area contributed by atoms with E-state index in [0.29, 0.717) is 18.5 Å². The third kappa shape index (κ3) is 4.67. The number of unbranched alkanes of at least 4 members (excludes halogenated alkanes) is 2. The first kappa shape index (κ1) is 25.3. The minimum Gasteiger partial charge on any atom is -0.365 e. The summed E-state index contributed by atoms with van der Waals surface area (Å²) >= 11 is 0. The van der Waals surface area contributed by atoms with Crippen LogP contribution in [0.5, 0.6) is 0 Å². The molecule has 1 atom stereocenters. The lowest BCUT2D eigenvalue weighted by Crippen LogP contribution is -2.52. The van der Waals surface area contributed by atoms with Gasteiger partial charge in [-0.25, -0.2) is 0 Å². The summed E-state index contributed by atoms with van der Waals surface area (Å²) in [6.45, 7) is 6.64. The lowest BCUT2D eigenvalue weighted by molar-refractivity contribution is -0.136. The van der Waals surface area contributed by atoms with Crippen LogP contribution in [0.4, 0.5) is 0 Å². The maximum absolute atomic E-state index is 13.1. The van der Waals surface area contributed by atoms with Gasteiger partial charge in [0.05, 0.1) is 12.2 Å². The third-order valence-corrected chi connectivity index (χ3v) is 9.02. The van der Waals surface area contributed by atoms with E-state index in [9.17, 15) is 14.4 Å². The molecule has 2 aromatic rings. The van der Waals surface area contributed by atoms with Gasteiger partial charge in [0.15, 0.2) is 0 Å². The zero-order valence-corrected chi connectivity index (χ0v) is 22.3. The standard InChI is InChI=1S/C31H37N3O4/c1-21-9-10-23-20-38-31(26(23)18-21)13-16-33(17-14-31)15-4-2-3-6-22-7-5-8-24-25(22)19-34(30(24)37)27-11-12-28(35)32-29(27)36/h5,7-10,18,27H,2-4,6,11-17,19-20H2,1H3,(H,32,35,36). The number of carbonyl (C=O) groups is 3. The van der Waals surface area contributed by atoms with Crippen LogP contribution >= 0.6 is 0 Å². The Labute approximate surface area is 224 Å². The molecule has 7 nitrogen and oxygen atoms in total. The number of carbonyl (C=O) groups excluding carboxylic acids is 3. The van der Waals surface area contributed by atoms with Crippen LogP contribution in [0.3, 0.4) is 0 Å². The fourth-order valence-electron chi connectivity index (χ4n) is 6.80. The number of fused-ring (bicyclic) bond motifs is 3. The second-order valence-electron chi connectivity index (χ2n) is 11.4. The Bertz CT molecular complexity index is 1260. The minimum atomic E-state index is -0.559. The van der Waals surface area contributed by atoms with Crippen LogP contribution in [0.25, 0.3) is 0 Å². The Morgan fingerprint density at radius 3 is 2.71 bits per heavy atom. The molecule has 0 radical (unpaired) electrons. The molecular formula is C31H37N3O4. The number of nitrogens with one attached hydrogen (secondary N) is 1. The lowest BCUT2D eigenvalue weighted by atomic mass is 9.83. The van der Waals surface area contributed by atoms with Gasteiger partial charge >= 0.3 is 0 Å². The monoisotopic (exact) mass is 515 g/mol. The molecule has 1 unspecified atom stereocenters. The number of likely N-dealkylation sites (tertiary alicyclic amines) is 1. The number of benzene rings is 2. The number of rotatable bonds is 7. The smallest absolute Gasteiger partial charge is 0.255 e. The van der Waals surface area contributed by atoms with E-state index in [0.717, 1.165) is 63.9 Å². The normalized spacial score (nSPS) is 22.6. The molecule has 4 aliphatic rings. The molecule has 6 rings (SSSR count). The molecule has 2 fully saturated rings. The van der Waals surface area contributed by atoms with Crippen molar-refractivity contribution < 1.29 is 19.1 Å². The second-order valence-corrected chi connectivity index (χ2v) is 11.4. The van der Waals surface area contributed by atoms with E-state index in [1.165, 1.54) is 28.7 Å². The first-order valence-electron chi connectivity index (χ1n) is 14.2. The number of hydrogen-bond donors (Lipinski definition) is 1. The van der Waals surface area contributed by atoms with E-state index >= 15 is 0 Å². The van der Waals surface area contributed by atoms with Gasteiger partial charge in [-0.05, 0) is 80.3 Å². The minimum absolute atomic E-state index is 0.0787. The Hall–Kier alpha value is -3.03. The molecule has 200 valence electrons. The molecule has 4 heterocycles. The van der Waals surface area contributed by atoms with E-state index in [2.05, 4.69) is 41.4 Å². The maximum Gasteiger partial charge on any atom is 0.255 e. The summed E-state index contributed by atoms with van der Waals surface area (Å²) in [6, 6.07) is 12.1. The molecule has 4 aliphatic heterocycles. The van der Waals surface area contributed by atoms with Gasteiger partial charge in [0.2, 0.25) is 11.8 Å². The summed E-state index contributed by atoms with van der Waals surface area (Å²) in [5.74, 6) is -0.706. The Kier molecular flexibility index (Phi) is 6.82. The zero-order chi connectivity index (χ0) is 26.3. The SMILES string of the molecule is Cc1ccc2c(c1)C1(CCN(CCCCCc3cccc4c3CN(C3CCC(=O)NC3=O)C4=O)CC1)OC2. The quantitative estimate of drug-likeness (QED) is 0.446. The first-order chi connectivity index (χ1) is 18.4. The van der Waals surface area contributed by atoms with Crippen molar-refractivity contribution in [2.45, 2.75) is 83.1 Å². The summed E-state index contributed by atoms with van der Waals surface area (Å²) < 4.78 is 6.36. The first-order valence-corrected chi connectivity index (χ1v) is 14.2. The molecule has 7 heteroatoms. The van der Waals surface area contributed by atoms with Crippen LogP contribution in [-0.4, -0.2) is 53.2 Å². The fraction of sp³-hybridized carbons (Fsp3) is 0.516. The van der Waals surface area contributed by atoms with Crippen LogP contribution < -0.4 is 5.32 Å². The molecule has 1 spiro atoms. The predicted octanol–water partition coefficient (Wildman–Crippen LogP) is 3.99. The van der Waals surface area contributed by atoms with Crippen LogP contribution in [0.15, 0.2) is 36.4 Å². The Morgan fingerprint density at radius 1 is 1.05 bits per heavy atom. The van der Waals surface area contributed by atoms with Gasteiger partial charge in [0, 0.05) is 31.6 Å². The summed E-state index contributed by atoms with van der Waals surface area (Å²) in [6.07, 6.45) is 7.14. The Morgan fingerprint density at radius 2 is 1.89 bits per heavy atom. The van der Waals surface area contributed by atoms with Crippen molar-refractivity contribution in [2.75, 3.05) is 19.6 Å². The highest BCUT2D eigenvalue weighted by Gasteiger charge is 2.42. The van der Waals surface area contributed by atoms with Crippen LogP contribution in [0.1, 0.15) is 83.1 Å². The zero-order valence-electron chi connectivity index (χ0n) is 22.3. The molecule has 38 heavy (non-hydrogen) atoms. The molecular weight excluding hydrogens is 478 g/mol. The molecule has 3 amide bonds. The van der Waals surface area contributed by atoms with Crippen molar-refractivity contribution in [1.82, 2.24) is 15.1 Å². The van der Waals surface area contributed by atoms with Crippen LogP contribution in [0.2, 0.25) is 0 Å². The average molecular weight is 516 g/mol. The van der Waals surface area contributed by atoms with Crippen molar-refractivity contribution in [3.8, 4) is 0 Å². The van der Waals surface area contributed by atoms with E-state index in [4.69, 9.17) is 4.74 Å². The van der Waals surface area contributed by atoms with Crippen molar-refractivity contribution >= 4 is 17.7 Å². The summed E-state index contributed by atoms with van der Waals surface area (Å²) in [5.41, 5.74) is 6.98. The van der Waals surface area contributed by atoms with Gasteiger partial charge in [-0.2, -0.15) is 0 Å². The fourth-order valence-corrected chi connectivity index (χ4v) is 6.80. The van der Waals surface area contributed by atoms with Crippen LogP contribution in [0, 0.1) is 6.92 Å². The van der Waals surface area contributed by atoms with Crippen molar-refractivity contribution in [3.63, 3.8) is 0 Å². The van der Waals surface area contributed by atoms with E-state index in [1.54, 1.807) is 4.90 Å². The van der Waals surface area contributed by atoms with Gasteiger partial charge in [0.25, 0.3) is 5.91 Å². The number of imide groups is 1. The molecule has 2 saturated heterocycles. The molecule has 0 aliphatic carbocycles. The molecule has 0 bridgehead atoms. The maximum atomic E-state index is 13.1. The van der Waals surface area contributed by atoms with Gasteiger partial charge in [-0.15, -0.1) is 0 Å². The highest BCUT2D eigenvalue weighted by Crippen LogP contribution is 2.44. The second kappa shape index (κ2) is 10.3. The third-order valence-electron chi connectivity index (χ3n) is 9.02. The van der Waals surface area contributed by atoms with Gasteiger partial charge in [-0.3, -0.25) is 19.7 Å². The van der Waals surface area contributed by atoms with E-state index in [-0.39, 0.29) is 29.7 Å². The lowest BCUT2D eigenvalue weighted by Gasteiger charge is -2.39. The predicted molar refractivity (Wildman–Crippen MR) is 143 cm³/mol. The van der Waals surface area contributed by atoms with Crippen molar-refractivity contribution in [3.05, 3.63) is 69.8 Å². The highest BCUT2D eigenvalue weighted by molar-refractivity contribution is 6.05. The molecule has 1 N–H and O–H groups in total. The number of hydrogen-bond acceptors (Lipinski definition) is 5. The largest absolute Gasteiger partial charge is 0.365 e. The van der Waals surface area contributed by atoms with Gasteiger partial charge in [-0.1, -0.05) is 42.3 Å².